The summed E-state index contributed by atoms with van der Waals surface area (Å²) in [6.07, 6.45) is 1.85. The van der Waals surface area contributed by atoms with Crippen LogP contribution in [0.3, 0.4) is 0 Å². The lowest BCUT2D eigenvalue weighted by Crippen LogP contribution is -1.94. The van der Waals surface area contributed by atoms with Crippen LogP contribution in [0.1, 0.15) is 5.56 Å². The minimum atomic E-state index is 0.745. The van der Waals surface area contributed by atoms with E-state index in [0.29, 0.717) is 0 Å². The zero-order valence-electron chi connectivity index (χ0n) is 11.5. The molecule has 108 valence electrons. The van der Waals surface area contributed by atoms with Crippen molar-refractivity contribution in [3.63, 3.8) is 0 Å². The van der Waals surface area contributed by atoms with Gasteiger partial charge in [0.1, 0.15) is 0 Å². The van der Waals surface area contributed by atoms with Gasteiger partial charge in [0.25, 0.3) is 0 Å². The monoisotopic (exact) mass is 326 g/mol. The summed E-state index contributed by atoms with van der Waals surface area (Å²) in [6, 6.07) is 15.9. The van der Waals surface area contributed by atoms with Gasteiger partial charge in [-0.05, 0) is 17.7 Å². The first kappa shape index (κ1) is 13.5. The summed E-state index contributed by atoms with van der Waals surface area (Å²) in [5, 5.41) is 16.7. The first-order valence-electron chi connectivity index (χ1n) is 6.78. The van der Waals surface area contributed by atoms with Crippen LogP contribution < -0.4 is 0 Å². The summed E-state index contributed by atoms with van der Waals surface area (Å²) in [5.41, 5.74) is 1.98. The Kier molecular flexibility index (Phi) is 3.44. The Hall–Kier alpha value is -2.11. The third-order valence-electron chi connectivity index (χ3n) is 3.41. The van der Waals surface area contributed by atoms with Gasteiger partial charge in [-0.15, -0.1) is 10.2 Å². The van der Waals surface area contributed by atoms with E-state index in [-0.39, 0.29) is 0 Å². The second-order valence-corrected chi connectivity index (χ2v) is 6.24. The number of nitrogens with zero attached hydrogens (tertiary/aromatic N) is 4. The van der Waals surface area contributed by atoms with Crippen LogP contribution in [0.15, 0.2) is 59.9 Å². The molecule has 0 unspecified atom stereocenters. The van der Waals surface area contributed by atoms with Crippen LogP contribution in [-0.2, 0) is 5.75 Å². The lowest BCUT2D eigenvalue weighted by atomic mass is 10.2. The van der Waals surface area contributed by atoms with Crippen LogP contribution in [0.4, 0.5) is 0 Å². The smallest absolute Gasteiger partial charge is 0.187 e. The van der Waals surface area contributed by atoms with Crippen molar-refractivity contribution in [2.24, 2.45) is 0 Å². The second-order valence-electron chi connectivity index (χ2n) is 4.86. The molecule has 0 aliphatic rings. The van der Waals surface area contributed by atoms with Gasteiger partial charge in [-0.25, -0.2) is 0 Å². The Balaban J connectivity index is 1.67. The summed E-state index contributed by atoms with van der Waals surface area (Å²) < 4.78 is 1.79. The molecule has 0 N–H and O–H groups in total. The first-order chi connectivity index (χ1) is 10.8. The molecule has 0 radical (unpaired) electrons. The molecule has 22 heavy (non-hydrogen) atoms. The molecule has 0 bridgehead atoms. The predicted octanol–water partition coefficient (Wildman–Crippen LogP) is 4.22. The summed E-state index contributed by atoms with van der Waals surface area (Å²) in [5.74, 6) is 0.798. The maximum Gasteiger partial charge on any atom is 0.212 e. The minimum absolute atomic E-state index is 0.745. The van der Waals surface area contributed by atoms with Crippen molar-refractivity contribution in [3.8, 4) is 0 Å². The van der Waals surface area contributed by atoms with Crippen LogP contribution in [0.5, 0.6) is 0 Å². The fourth-order valence-electron chi connectivity index (χ4n) is 2.29. The molecule has 0 atom stereocenters. The van der Waals surface area contributed by atoms with Crippen molar-refractivity contribution in [2.75, 3.05) is 0 Å². The van der Waals surface area contributed by atoms with E-state index in [4.69, 9.17) is 11.6 Å². The maximum absolute atomic E-state index is 5.90. The summed E-state index contributed by atoms with van der Waals surface area (Å²) in [7, 11) is 0. The van der Waals surface area contributed by atoms with Gasteiger partial charge in [0, 0.05) is 21.5 Å². The SMILES string of the molecule is Clc1ccc(CSc2nnc3c4ccccc4cnn23)cc1. The van der Waals surface area contributed by atoms with Crippen molar-refractivity contribution >= 4 is 39.8 Å². The Morgan fingerprint density at radius 2 is 1.82 bits per heavy atom. The fourth-order valence-corrected chi connectivity index (χ4v) is 3.26. The molecule has 4 nitrogen and oxygen atoms in total. The van der Waals surface area contributed by atoms with E-state index in [0.717, 1.165) is 32.4 Å². The first-order valence-corrected chi connectivity index (χ1v) is 8.14. The Labute approximate surface area is 136 Å². The highest BCUT2D eigenvalue weighted by atomic mass is 35.5. The largest absolute Gasteiger partial charge is 0.212 e. The molecule has 0 saturated carbocycles. The summed E-state index contributed by atoms with van der Waals surface area (Å²) in [6.45, 7) is 0. The second kappa shape index (κ2) is 5.59. The molecule has 2 aromatic heterocycles. The van der Waals surface area contributed by atoms with Gasteiger partial charge < -0.3 is 0 Å². The maximum atomic E-state index is 5.90. The van der Waals surface area contributed by atoms with Gasteiger partial charge in [-0.1, -0.05) is 59.8 Å². The van der Waals surface area contributed by atoms with E-state index < -0.39 is 0 Å². The third-order valence-corrected chi connectivity index (χ3v) is 4.65. The van der Waals surface area contributed by atoms with Crippen LogP contribution in [0, 0.1) is 0 Å². The molecule has 0 aliphatic heterocycles. The van der Waals surface area contributed by atoms with Crippen LogP contribution in [0.25, 0.3) is 16.4 Å². The Morgan fingerprint density at radius 3 is 2.68 bits per heavy atom. The summed E-state index contributed by atoms with van der Waals surface area (Å²) >= 11 is 7.51. The Bertz CT molecular complexity index is 949. The molecular formula is C16H11ClN4S. The molecule has 0 saturated heterocycles. The van der Waals surface area contributed by atoms with E-state index >= 15 is 0 Å². The Morgan fingerprint density at radius 1 is 1.00 bits per heavy atom. The van der Waals surface area contributed by atoms with Gasteiger partial charge in [-0.2, -0.15) is 9.61 Å². The van der Waals surface area contributed by atoms with Crippen LogP contribution in [0.2, 0.25) is 5.02 Å². The van der Waals surface area contributed by atoms with Crippen molar-refractivity contribution < 1.29 is 0 Å². The van der Waals surface area contributed by atoms with Crippen molar-refractivity contribution in [1.82, 2.24) is 19.8 Å². The van der Waals surface area contributed by atoms with Crippen LogP contribution >= 0.6 is 23.4 Å². The number of thioether (sulfide) groups is 1. The van der Waals surface area contributed by atoms with E-state index in [2.05, 4.69) is 15.3 Å². The summed E-state index contributed by atoms with van der Waals surface area (Å²) in [4.78, 5) is 0. The van der Waals surface area contributed by atoms with E-state index in [1.54, 1.807) is 16.3 Å². The minimum Gasteiger partial charge on any atom is -0.187 e. The van der Waals surface area contributed by atoms with Crippen molar-refractivity contribution in [3.05, 3.63) is 65.3 Å². The van der Waals surface area contributed by atoms with Gasteiger partial charge in [0.2, 0.25) is 5.16 Å². The standard InChI is InChI=1S/C16H11ClN4S/c17-13-7-5-11(6-8-13)10-22-16-20-19-15-14-4-2-1-3-12(14)9-18-21(15)16/h1-9H,10H2. The van der Waals surface area contributed by atoms with E-state index in [1.165, 1.54) is 5.56 Å². The topological polar surface area (TPSA) is 43.1 Å². The molecular weight excluding hydrogens is 316 g/mol. The van der Waals surface area contributed by atoms with Crippen molar-refractivity contribution in [2.45, 2.75) is 10.9 Å². The number of fused-ring (bicyclic) bond motifs is 3. The highest BCUT2D eigenvalue weighted by Crippen LogP contribution is 2.24. The van der Waals surface area contributed by atoms with Gasteiger partial charge in [0.15, 0.2) is 5.65 Å². The predicted molar refractivity (Wildman–Crippen MR) is 89.3 cm³/mol. The molecule has 0 amide bonds. The lowest BCUT2D eigenvalue weighted by Gasteiger charge is -2.02. The molecule has 6 heteroatoms. The fraction of sp³-hybridized carbons (Fsp3) is 0.0625. The number of halogens is 1. The third kappa shape index (κ3) is 2.42. The molecule has 0 spiro atoms. The molecule has 0 aliphatic carbocycles. The number of hydrogen-bond acceptors (Lipinski definition) is 4. The number of aromatic nitrogens is 4. The van der Waals surface area contributed by atoms with Crippen molar-refractivity contribution in [1.29, 1.82) is 0 Å². The molecule has 4 rings (SSSR count). The number of benzene rings is 2. The average Bonchev–Trinajstić information content (AvgIpc) is 2.98. The highest BCUT2D eigenvalue weighted by molar-refractivity contribution is 7.98. The number of hydrogen-bond donors (Lipinski definition) is 0. The van der Waals surface area contributed by atoms with E-state index in [9.17, 15) is 0 Å². The van der Waals surface area contributed by atoms with Crippen LogP contribution in [-0.4, -0.2) is 19.8 Å². The quantitative estimate of drug-likeness (QED) is 0.529. The highest BCUT2D eigenvalue weighted by Gasteiger charge is 2.10. The molecule has 2 heterocycles. The average molecular weight is 327 g/mol. The van der Waals surface area contributed by atoms with E-state index in [1.807, 2.05) is 54.7 Å². The number of rotatable bonds is 3. The normalized spacial score (nSPS) is 11.3. The zero-order valence-corrected chi connectivity index (χ0v) is 13.1. The molecule has 0 fully saturated rings. The van der Waals surface area contributed by atoms with Gasteiger partial charge in [0.05, 0.1) is 6.20 Å². The lowest BCUT2D eigenvalue weighted by molar-refractivity contribution is 0.813. The molecule has 2 aromatic carbocycles. The zero-order chi connectivity index (χ0) is 14.9. The van der Waals surface area contributed by atoms with Gasteiger partial charge in [-0.3, -0.25) is 0 Å². The molecule has 4 aromatic rings. The van der Waals surface area contributed by atoms with Gasteiger partial charge >= 0.3 is 0 Å².